The third-order valence-corrected chi connectivity index (χ3v) is 9.56. The first-order valence-corrected chi connectivity index (χ1v) is 17.9. The molecule has 1 aliphatic heterocycles. The van der Waals surface area contributed by atoms with E-state index in [0.29, 0.717) is 29.3 Å². The Balaban J connectivity index is 1.22. The van der Waals surface area contributed by atoms with Gasteiger partial charge >= 0.3 is 0 Å². The second-order valence-corrected chi connectivity index (χ2v) is 14.1. The van der Waals surface area contributed by atoms with E-state index in [1.807, 2.05) is 85.8 Å². The number of amides is 2. The van der Waals surface area contributed by atoms with E-state index in [-0.39, 0.29) is 12.5 Å². The number of rotatable bonds is 11. The van der Waals surface area contributed by atoms with Crippen LogP contribution in [0.1, 0.15) is 38.5 Å². The Morgan fingerprint density at radius 3 is 2.24 bits per heavy atom. The number of fused-ring (bicyclic) bond motifs is 1. The van der Waals surface area contributed by atoms with Gasteiger partial charge in [-0.15, -0.1) is 0 Å². The fourth-order valence-corrected chi connectivity index (χ4v) is 6.56. The normalized spacial score (nSPS) is 12.9. The van der Waals surface area contributed by atoms with E-state index in [1.165, 1.54) is 5.56 Å². The van der Waals surface area contributed by atoms with Crippen molar-refractivity contribution in [2.45, 2.75) is 25.7 Å². The van der Waals surface area contributed by atoms with Crippen molar-refractivity contribution in [3.8, 4) is 28.0 Å². The maximum absolute atomic E-state index is 13.9. The highest BCUT2D eigenvalue weighted by molar-refractivity contribution is 7.85. The summed E-state index contributed by atoms with van der Waals surface area (Å²) in [4.78, 5) is 26.4. The first-order valence-electron chi connectivity index (χ1n) is 15.9. The molecule has 0 aliphatic carbocycles. The number of hydrogen-bond donors (Lipinski definition) is 3. The Kier molecular flexibility index (Phi) is 10.1. The van der Waals surface area contributed by atoms with Gasteiger partial charge in [-0.3, -0.25) is 14.1 Å². The molecule has 1 unspecified atom stereocenters. The standard InChI is InChI=1S/C39H35ClN2O6S/c1-25-22-33(40)13-16-35(25)28-10-14-34(15-11-28)42-39(44)36(23-26-2-4-30(5-3-26)38(43)41-19-21-49(45,46)47)29-8-6-27(7-9-29)31-12-17-37-32(24-31)18-20-48-37/h2-17,22,24,36H,18-21,23H2,1H3,(H,41,43)(H,42,44)(H,45,46,47). The number of carbonyl (C=O) groups excluding carboxylic acids is 2. The molecule has 6 rings (SSSR count). The Morgan fingerprint density at radius 1 is 0.857 bits per heavy atom. The Morgan fingerprint density at radius 2 is 1.55 bits per heavy atom. The van der Waals surface area contributed by atoms with Gasteiger partial charge in [-0.25, -0.2) is 0 Å². The van der Waals surface area contributed by atoms with Crippen LogP contribution in [0, 0.1) is 6.92 Å². The van der Waals surface area contributed by atoms with Crippen molar-refractivity contribution in [2.24, 2.45) is 0 Å². The number of hydrogen-bond acceptors (Lipinski definition) is 5. The number of aryl methyl sites for hydroxylation is 1. The van der Waals surface area contributed by atoms with Gasteiger partial charge in [0.05, 0.1) is 18.3 Å². The number of anilines is 1. The second-order valence-electron chi connectivity index (χ2n) is 12.1. The van der Waals surface area contributed by atoms with Crippen molar-refractivity contribution >= 4 is 39.2 Å². The van der Waals surface area contributed by atoms with Gasteiger partial charge < -0.3 is 15.4 Å². The summed E-state index contributed by atoms with van der Waals surface area (Å²) in [7, 11) is -4.18. The summed E-state index contributed by atoms with van der Waals surface area (Å²) in [6.07, 6.45) is 1.25. The van der Waals surface area contributed by atoms with E-state index in [2.05, 4.69) is 16.7 Å². The Labute approximate surface area is 290 Å². The summed E-state index contributed by atoms with van der Waals surface area (Å²) in [6, 6.07) is 34.5. The molecule has 2 amide bonds. The lowest BCUT2D eigenvalue weighted by Crippen LogP contribution is -2.28. The monoisotopic (exact) mass is 694 g/mol. The molecule has 0 aromatic heterocycles. The van der Waals surface area contributed by atoms with Crippen molar-refractivity contribution in [1.29, 1.82) is 0 Å². The topological polar surface area (TPSA) is 122 Å². The molecule has 49 heavy (non-hydrogen) atoms. The molecular formula is C39H35ClN2O6S. The molecule has 250 valence electrons. The lowest BCUT2D eigenvalue weighted by Gasteiger charge is -2.19. The van der Waals surface area contributed by atoms with Gasteiger partial charge in [-0.05, 0) is 106 Å². The van der Waals surface area contributed by atoms with Crippen molar-refractivity contribution in [2.75, 3.05) is 24.2 Å². The highest BCUT2D eigenvalue weighted by Crippen LogP contribution is 2.32. The number of ether oxygens (including phenoxy) is 1. The third kappa shape index (κ3) is 8.56. The van der Waals surface area contributed by atoms with E-state index >= 15 is 0 Å². The van der Waals surface area contributed by atoms with Gasteiger partial charge in [0, 0.05) is 29.2 Å². The van der Waals surface area contributed by atoms with Crippen LogP contribution in [-0.2, 0) is 27.8 Å². The smallest absolute Gasteiger partial charge is 0.266 e. The fourth-order valence-electron chi connectivity index (χ4n) is 5.97. The molecule has 0 saturated carbocycles. The molecule has 1 atom stereocenters. The summed E-state index contributed by atoms with van der Waals surface area (Å²) >= 11 is 6.14. The predicted octanol–water partition coefficient (Wildman–Crippen LogP) is 7.50. The van der Waals surface area contributed by atoms with Crippen LogP contribution in [0.3, 0.4) is 0 Å². The number of nitrogens with one attached hydrogen (secondary N) is 2. The van der Waals surface area contributed by atoms with E-state index in [1.54, 1.807) is 24.3 Å². The lowest BCUT2D eigenvalue weighted by atomic mass is 9.89. The Bertz CT molecular complexity index is 2100. The number of benzene rings is 5. The maximum Gasteiger partial charge on any atom is 0.266 e. The largest absolute Gasteiger partial charge is 0.493 e. The first kappa shape index (κ1) is 33.9. The molecule has 3 N–H and O–H groups in total. The van der Waals surface area contributed by atoms with Gasteiger partial charge in [0.15, 0.2) is 0 Å². The molecule has 0 spiro atoms. The molecular weight excluding hydrogens is 660 g/mol. The van der Waals surface area contributed by atoms with Crippen LogP contribution in [0.5, 0.6) is 5.75 Å². The van der Waals surface area contributed by atoms with E-state index < -0.39 is 27.7 Å². The fraction of sp³-hybridized carbons (Fsp3) is 0.179. The van der Waals surface area contributed by atoms with E-state index in [0.717, 1.165) is 51.1 Å². The molecule has 0 radical (unpaired) electrons. The molecule has 1 aliphatic rings. The molecule has 0 saturated heterocycles. The van der Waals surface area contributed by atoms with Crippen molar-refractivity contribution in [3.63, 3.8) is 0 Å². The zero-order chi connectivity index (χ0) is 34.5. The number of halogens is 1. The minimum Gasteiger partial charge on any atom is -0.493 e. The molecule has 0 bridgehead atoms. The van der Waals surface area contributed by atoms with Crippen molar-refractivity contribution in [1.82, 2.24) is 5.32 Å². The van der Waals surface area contributed by atoms with Crippen LogP contribution in [0.4, 0.5) is 5.69 Å². The van der Waals surface area contributed by atoms with Gasteiger partial charge in [0.1, 0.15) is 5.75 Å². The van der Waals surface area contributed by atoms with Gasteiger partial charge in [-0.1, -0.05) is 72.3 Å². The van der Waals surface area contributed by atoms with Crippen LogP contribution in [-0.4, -0.2) is 43.7 Å². The van der Waals surface area contributed by atoms with E-state index in [9.17, 15) is 18.0 Å². The average Bonchev–Trinajstić information content (AvgIpc) is 3.56. The first-order chi connectivity index (χ1) is 23.5. The Hall–Kier alpha value is -4.96. The average molecular weight is 695 g/mol. The van der Waals surface area contributed by atoms with Gasteiger partial charge in [0.25, 0.3) is 16.0 Å². The molecule has 0 fully saturated rings. The zero-order valence-corrected chi connectivity index (χ0v) is 28.4. The maximum atomic E-state index is 13.9. The zero-order valence-electron chi connectivity index (χ0n) is 26.8. The summed E-state index contributed by atoms with van der Waals surface area (Å²) in [5, 5.41) is 6.26. The highest BCUT2D eigenvalue weighted by Gasteiger charge is 2.23. The SMILES string of the molecule is Cc1cc(Cl)ccc1-c1ccc(NC(=O)C(Cc2ccc(C(=O)NCCS(=O)(=O)O)cc2)c2ccc(-c3ccc4c(c3)CCO4)cc2)cc1. The highest BCUT2D eigenvalue weighted by atomic mass is 35.5. The van der Waals surface area contributed by atoms with Crippen LogP contribution in [0.2, 0.25) is 5.02 Å². The van der Waals surface area contributed by atoms with Crippen LogP contribution < -0.4 is 15.4 Å². The summed E-state index contributed by atoms with van der Waals surface area (Å²) in [6.45, 7) is 2.49. The van der Waals surface area contributed by atoms with E-state index in [4.69, 9.17) is 20.9 Å². The van der Waals surface area contributed by atoms with Gasteiger partial charge in [0.2, 0.25) is 5.91 Å². The van der Waals surface area contributed by atoms with Crippen LogP contribution in [0.15, 0.2) is 109 Å². The molecule has 1 heterocycles. The third-order valence-electron chi connectivity index (χ3n) is 8.61. The second kappa shape index (κ2) is 14.7. The lowest BCUT2D eigenvalue weighted by molar-refractivity contribution is -0.117. The van der Waals surface area contributed by atoms with Crippen molar-refractivity contribution in [3.05, 3.63) is 142 Å². The molecule has 10 heteroatoms. The summed E-state index contributed by atoms with van der Waals surface area (Å²) in [5.74, 6) is -0.831. The molecule has 5 aromatic carbocycles. The number of carbonyl (C=O) groups is 2. The quantitative estimate of drug-likeness (QED) is 0.123. The van der Waals surface area contributed by atoms with Crippen molar-refractivity contribution < 1.29 is 27.3 Å². The molecule has 5 aromatic rings. The predicted molar refractivity (Wildman–Crippen MR) is 193 cm³/mol. The minimum absolute atomic E-state index is 0.176. The van der Waals surface area contributed by atoms with Crippen LogP contribution in [0.25, 0.3) is 22.3 Å². The molecule has 8 nitrogen and oxygen atoms in total. The van der Waals surface area contributed by atoms with Gasteiger partial charge in [-0.2, -0.15) is 8.42 Å². The summed E-state index contributed by atoms with van der Waals surface area (Å²) in [5.41, 5.74) is 9.12. The van der Waals surface area contributed by atoms with Crippen LogP contribution >= 0.6 is 11.6 Å². The minimum atomic E-state index is -4.18. The summed E-state index contributed by atoms with van der Waals surface area (Å²) < 4.78 is 36.5.